The Kier molecular flexibility index (Phi) is 4.36. The number of aromatic carboxylic acids is 1. The van der Waals surface area contributed by atoms with Crippen LogP contribution in [0.2, 0.25) is 0 Å². The average molecular weight is 288 g/mol. The molecule has 0 fully saturated rings. The van der Waals surface area contributed by atoms with Crippen molar-refractivity contribution in [2.24, 2.45) is 0 Å². The number of benzene rings is 1. The summed E-state index contributed by atoms with van der Waals surface area (Å²) >= 11 is 0. The van der Waals surface area contributed by atoms with Crippen LogP contribution in [0.4, 0.5) is 0 Å². The molecule has 1 N–H and O–H groups in total. The molecule has 0 aliphatic rings. The lowest BCUT2D eigenvalue weighted by atomic mass is 9.82. The molecular weight excluding hydrogens is 268 g/mol. The van der Waals surface area contributed by atoms with Crippen LogP contribution >= 0.6 is 0 Å². The van der Waals surface area contributed by atoms with Gasteiger partial charge in [-0.05, 0) is 35.6 Å². The highest BCUT2D eigenvalue weighted by atomic mass is 16.5. The molecule has 0 unspecified atom stereocenters. The first-order valence-electron chi connectivity index (χ1n) is 6.97. The van der Waals surface area contributed by atoms with Crippen LogP contribution in [0.15, 0.2) is 41.0 Å². The van der Waals surface area contributed by atoms with Crippen molar-refractivity contribution in [1.82, 2.24) is 0 Å². The number of furan rings is 1. The van der Waals surface area contributed by atoms with E-state index in [9.17, 15) is 4.79 Å². The van der Waals surface area contributed by atoms with Crippen molar-refractivity contribution in [2.75, 3.05) is 0 Å². The second kappa shape index (κ2) is 6.04. The second-order valence-corrected chi connectivity index (χ2v) is 5.63. The van der Waals surface area contributed by atoms with Gasteiger partial charge in [0.05, 0.1) is 6.26 Å². The van der Waals surface area contributed by atoms with Crippen molar-refractivity contribution in [2.45, 2.75) is 39.2 Å². The molecule has 1 aromatic heterocycles. The zero-order valence-electron chi connectivity index (χ0n) is 12.6. The summed E-state index contributed by atoms with van der Waals surface area (Å²) in [6.07, 6.45) is 2.42. The molecule has 0 atom stereocenters. The number of ether oxygens (including phenoxy) is 1. The van der Waals surface area contributed by atoms with E-state index in [-0.39, 0.29) is 17.8 Å². The van der Waals surface area contributed by atoms with E-state index in [1.807, 2.05) is 24.3 Å². The normalized spacial score (nSPS) is 11.4. The lowest BCUT2D eigenvalue weighted by Gasteiger charge is -2.23. The number of rotatable bonds is 6. The number of carbonyl (C=O) groups is 1. The minimum atomic E-state index is -1.08. The lowest BCUT2D eigenvalue weighted by Crippen LogP contribution is -2.15. The Bertz CT molecular complexity index is 608. The van der Waals surface area contributed by atoms with Crippen molar-refractivity contribution in [3.05, 3.63) is 53.5 Å². The zero-order valence-corrected chi connectivity index (χ0v) is 12.6. The maximum Gasteiger partial charge on any atom is 0.372 e. The molecule has 0 aliphatic carbocycles. The molecule has 0 aliphatic heterocycles. The minimum Gasteiger partial charge on any atom is -0.489 e. The van der Waals surface area contributed by atoms with Crippen LogP contribution in [0, 0.1) is 0 Å². The Labute approximate surface area is 124 Å². The highest BCUT2D eigenvalue weighted by molar-refractivity contribution is 5.86. The largest absolute Gasteiger partial charge is 0.489 e. The maximum absolute atomic E-state index is 10.9. The van der Waals surface area contributed by atoms with Gasteiger partial charge in [-0.25, -0.2) is 4.79 Å². The van der Waals surface area contributed by atoms with Gasteiger partial charge in [-0.2, -0.15) is 0 Å². The molecule has 0 amide bonds. The SMILES string of the molecule is CCC(C)(C)c1ccc(OCc2ccoc2C(=O)O)cc1. The van der Waals surface area contributed by atoms with Gasteiger partial charge in [-0.1, -0.05) is 32.9 Å². The van der Waals surface area contributed by atoms with Crippen molar-refractivity contribution in [1.29, 1.82) is 0 Å². The first kappa shape index (κ1) is 15.2. The van der Waals surface area contributed by atoms with E-state index >= 15 is 0 Å². The highest BCUT2D eigenvalue weighted by Gasteiger charge is 2.18. The van der Waals surface area contributed by atoms with Gasteiger partial charge in [0.25, 0.3) is 0 Å². The monoisotopic (exact) mass is 288 g/mol. The first-order chi connectivity index (χ1) is 9.94. The van der Waals surface area contributed by atoms with E-state index in [2.05, 4.69) is 20.8 Å². The van der Waals surface area contributed by atoms with Crippen molar-refractivity contribution >= 4 is 5.97 Å². The fourth-order valence-corrected chi connectivity index (χ4v) is 2.00. The number of hydrogen-bond acceptors (Lipinski definition) is 3. The van der Waals surface area contributed by atoms with Gasteiger partial charge in [0.15, 0.2) is 0 Å². The van der Waals surface area contributed by atoms with Crippen LogP contribution in [0.5, 0.6) is 5.75 Å². The topological polar surface area (TPSA) is 59.7 Å². The van der Waals surface area contributed by atoms with Crippen LogP contribution in [0.1, 0.15) is 48.9 Å². The van der Waals surface area contributed by atoms with Gasteiger partial charge in [-0.15, -0.1) is 0 Å². The van der Waals surface area contributed by atoms with Crippen LogP contribution in [0.3, 0.4) is 0 Å². The zero-order chi connectivity index (χ0) is 15.5. The van der Waals surface area contributed by atoms with Crippen LogP contribution in [0.25, 0.3) is 0 Å². The molecule has 4 heteroatoms. The standard InChI is InChI=1S/C17H20O4/c1-4-17(2,3)13-5-7-14(8-6-13)21-11-12-9-10-20-15(12)16(18)19/h5-10H,4,11H2,1-3H3,(H,18,19). The van der Waals surface area contributed by atoms with Gasteiger partial charge < -0.3 is 14.3 Å². The predicted octanol–water partition coefficient (Wildman–Crippen LogP) is 4.24. The van der Waals surface area contributed by atoms with E-state index in [4.69, 9.17) is 14.3 Å². The van der Waals surface area contributed by atoms with E-state index in [1.54, 1.807) is 6.07 Å². The lowest BCUT2D eigenvalue weighted by molar-refractivity contribution is 0.0658. The summed E-state index contributed by atoms with van der Waals surface area (Å²) in [7, 11) is 0. The summed E-state index contributed by atoms with van der Waals surface area (Å²) in [6.45, 7) is 6.74. The summed E-state index contributed by atoms with van der Waals surface area (Å²) in [5.41, 5.74) is 1.92. The third kappa shape index (κ3) is 3.45. The average Bonchev–Trinajstić information content (AvgIpc) is 2.94. The number of carboxylic acid groups (broad SMARTS) is 1. The molecule has 21 heavy (non-hydrogen) atoms. The van der Waals surface area contributed by atoms with Crippen molar-refractivity contribution < 1.29 is 19.1 Å². The molecular formula is C17H20O4. The fourth-order valence-electron chi connectivity index (χ4n) is 2.00. The van der Waals surface area contributed by atoms with Crippen molar-refractivity contribution in [3.63, 3.8) is 0 Å². The van der Waals surface area contributed by atoms with Gasteiger partial charge in [0, 0.05) is 5.56 Å². The molecule has 2 rings (SSSR count). The van der Waals surface area contributed by atoms with Gasteiger partial charge in [0.1, 0.15) is 12.4 Å². The Morgan fingerprint density at radius 1 is 1.24 bits per heavy atom. The Morgan fingerprint density at radius 3 is 2.48 bits per heavy atom. The summed E-state index contributed by atoms with van der Waals surface area (Å²) in [6, 6.07) is 9.52. The molecule has 0 radical (unpaired) electrons. The molecule has 0 bridgehead atoms. The highest BCUT2D eigenvalue weighted by Crippen LogP contribution is 2.28. The molecule has 2 aromatic rings. The third-order valence-corrected chi connectivity index (χ3v) is 3.86. The molecule has 1 aromatic carbocycles. The van der Waals surface area contributed by atoms with Crippen LogP contribution in [-0.4, -0.2) is 11.1 Å². The molecule has 0 spiro atoms. The minimum absolute atomic E-state index is 0.0706. The third-order valence-electron chi connectivity index (χ3n) is 3.86. The van der Waals surface area contributed by atoms with Crippen LogP contribution in [-0.2, 0) is 12.0 Å². The van der Waals surface area contributed by atoms with E-state index in [1.165, 1.54) is 11.8 Å². The smallest absolute Gasteiger partial charge is 0.372 e. The van der Waals surface area contributed by atoms with E-state index < -0.39 is 5.97 Å². The number of hydrogen-bond donors (Lipinski definition) is 1. The first-order valence-corrected chi connectivity index (χ1v) is 6.97. The molecule has 1 heterocycles. The fraction of sp³-hybridized carbons (Fsp3) is 0.353. The molecule has 0 saturated heterocycles. The Balaban J connectivity index is 2.04. The summed E-state index contributed by atoms with van der Waals surface area (Å²) in [4.78, 5) is 10.9. The van der Waals surface area contributed by atoms with E-state index in [0.717, 1.165) is 6.42 Å². The quantitative estimate of drug-likeness (QED) is 0.863. The number of carboxylic acids is 1. The van der Waals surface area contributed by atoms with Gasteiger partial charge >= 0.3 is 5.97 Å². The second-order valence-electron chi connectivity index (χ2n) is 5.63. The van der Waals surface area contributed by atoms with Gasteiger partial charge in [0.2, 0.25) is 5.76 Å². The van der Waals surface area contributed by atoms with Crippen LogP contribution < -0.4 is 4.74 Å². The maximum atomic E-state index is 10.9. The summed E-state index contributed by atoms with van der Waals surface area (Å²) in [5, 5.41) is 8.96. The Hall–Kier alpha value is -2.23. The van der Waals surface area contributed by atoms with E-state index in [0.29, 0.717) is 11.3 Å². The molecule has 4 nitrogen and oxygen atoms in total. The summed E-state index contributed by atoms with van der Waals surface area (Å²) < 4.78 is 10.5. The van der Waals surface area contributed by atoms with Gasteiger partial charge in [-0.3, -0.25) is 0 Å². The summed E-state index contributed by atoms with van der Waals surface area (Å²) in [5.74, 6) is -0.444. The molecule has 112 valence electrons. The Morgan fingerprint density at radius 2 is 1.90 bits per heavy atom. The van der Waals surface area contributed by atoms with Crippen molar-refractivity contribution in [3.8, 4) is 5.75 Å². The molecule has 0 saturated carbocycles. The predicted molar refractivity (Wildman–Crippen MR) is 79.8 cm³/mol.